The van der Waals surface area contributed by atoms with E-state index in [0.29, 0.717) is 19.3 Å². The van der Waals surface area contributed by atoms with Crippen LogP contribution in [0.5, 0.6) is 0 Å². The van der Waals surface area contributed by atoms with Gasteiger partial charge < -0.3 is 10.1 Å². The van der Waals surface area contributed by atoms with E-state index in [9.17, 15) is 4.79 Å². The lowest BCUT2D eigenvalue weighted by molar-refractivity contribution is -0.143. The van der Waals surface area contributed by atoms with E-state index in [2.05, 4.69) is 76.5 Å². The van der Waals surface area contributed by atoms with E-state index in [1.165, 1.54) is 5.56 Å². The molecule has 0 bridgehead atoms. The minimum Gasteiger partial charge on any atom is -0.378 e. The van der Waals surface area contributed by atoms with Crippen LogP contribution in [0.15, 0.2) is 42.9 Å². The highest BCUT2D eigenvalue weighted by Gasteiger charge is 2.54. The van der Waals surface area contributed by atoms with Crippen molar-refractivity contribution >= 4 is 11.6 Å². The van der Waals surface area contributed by atoms with Gasteiger partial charge in [0.25, 0.3) is 0 Å². The van der Waals surface area contributed by atoms with Crippen molar-refractivity contribution in [3.8, 4) is 22.5 Å². The standard InChI is InChI=1S/C30H37N7O2/c1-18(2)25-26(34-35-27(25)23-13-19(3)28-32-17-33-37(28)14-23)22-9-7-21(8-10-22)20(4)30(29(38)31-5)11-6-12-36(30)24-15-39-16-24/h7-10,13-14,17-18,20,24H,6,11-12,15-16H2,1-5H3,(H,31,38)(H,34,35)/t20-,30?/m0/s1. The fraction of sp³-hybridized carbons (Fsp3) is 0.467. The third-order valence-electron chi connectivity index (χ3n) is 8.78. The number of carbonyl (C=O) groups excluding carboxylic acids is 1. The highest BCUT2D eigenvalue weighted by Crippen LogP contribution is 2.44. The number of carbonyl (C=O) groups is 1. The summed E-state index contributed by atoms with van der Waals surface area (Å²) in [5.41, 5.74) is 7.72. The van der Waals surface area contributed by atoms with Gasteiger partial charge >= 0.3 is 0 Å². The molecule has 6 rings (SSSR count). The second-order valence-corrected chi connectivity index (χ2v) is 11.3. The first kappa shape index (κ1) is 25.7. The summed E-state index contributed by atoms with van der Waals surface area (Å²) < 4.78 is 7.31. The van der Waals surface area contributed by atoms with E-state index in [1.54, 1.807) is 13.4 Å². The van der Waals surface area contributed by atoms with Crippen LogP contribution in [0.4, 0.5) is 0 Å². The summed E-state index contributed by atoms with van der Waals surface area (Å²) in [7, 11) is 1.75. The summed E-state index contributed by atoms with van der Waals surface area (Å²) in [6.07, 6.45) is 5.43. The number of pyridine rings is 1. The Kier molecular flexibility index (Phi) is 6.51. The number of likely N-dealkylation sites (tertiary alicyclic amines) is 1. The number of nitrogens with one attached hydrogen (secondary N) is 2. The molecule has 0 spiro atoms. The van der Waals surface area contributed by atoms with Crippen molar-refractivity contribution in [1.29, 1.82) is 0 Å². The zero-order valence-corrected chi connectivity index (χ0v) is 23.4. The molecule has 0 saturated carbocycles. The Morgan fingerprint density at radius 1 is 1.18 bits per heavy atom. The number of amides is 1. The van der Waals surface area contributed by atoms with Crippen LogP contribution in [0.2, 0.25) is 0 Å². The van der Waals surface area contributed by atoms with Gasteiger partial charge in [-0.15, -0.1) is 0 Å². The zero-order valence-electron chi connectivity index (χ0n) is 23.4. The predicted octanol–water partition coefficient (Wildman–Crippen LogP) is 4.30. The Balaban J connectivity index is 1.35. The first-order chi connectivity index (χ1) is 18.8. The highest BCUT2D eigenvalue weighted by molar-refractivity contribution is 5.88. The number of likely N-dealkylation sites (N-methyl/N-ethyl adjacent to an activating group) is 1. The number of aromatic amines is 1. The highest BCUT2D eigenvalue weighted by atomic mass is 16.5. The normalized spacial score (nSPS) is 21.0. The maximum absolute atomic E-state index is 13.4. The van der Waals surface area contributed by atoms with Crippen LogP contribution in [-0.4, -0.2) is 74.0 Å². The molecule has 0 radical (unpaired) electrons. The molecule has 1 amide bonds. The number of aromatic nitrogens is 5. The number of nitrogens with zero attached hydrogens (tertiary/aromatic N) is 5. The van der Waals surface area contributed by atoms with Gasteiger partial charge in [0.15, 0.2) is 5.65 Å². The molecular weight excluding hydrogens is 490 g/mol. The molecule has 2 atom stereocenters. The van der Waals surface area contributed by atoms with Crippen molar-refractivity contribution in [2.75, 3.05) is 26.8 Å². The zero-order chi connectivity index (χ0) is 27.3. The van der Waals surface area contributed by atoms with Crippen molar-refractivity contribution in [3.05, 3.63) is 59.5 Å². The fourth-order valence-electron chi connectivity index (χ4n) is 6.69. The Morgan fingerprint density at radius 3 is 2.62 bits per heavy atom. The van der Waals surface area contributed by atoms with Gasteiger partial charge in [0.1, 0.15) is 11.9 Å². The molecule has 2 aliphatic heterocycles. The fourth-order valence-corrected chi connectivity index (χ4v) is 6.69. The van der Waals surface area contributed by atoms with E-state index in [0.717, 1.165) is 58.7 Å². The van der Waals surface area contributed by atoms with Crippen LogP contribution in [0.25, 0.3) is 28.2 Å². The minimum atomic E-state index is -0.563. The molecule has 1 unspecified atom stereocenters. The van der Waals surface area contributed by atoms with Gasteiger partial charge in [-0.1, -0.05) is 45.0 Å². The average molecular weight is 528 g/mol. The Labute approximate surface area is 229 Å². The summed E-state index contributed by atoms with van der Waals surface area (Å²) in [5, 5.41) is 15.4. The molecule has 2 fully saturated rings. The second kappa shape index (κ2) is 9.88. The van der Waals surface area contributed by atoms with Crippen LogP contribution in [-0.2, 0) is 9.53 Å². The topological polar surface area (TPSA) is 100 Å². The molecule has 0 aliphatic carbocycles. The third-order valence-corrected chi connectivity index (χ3v) is 8.78. The van der Waals surface area contributed by atoms with Crippen LogP contribution in [0.3, 0.4) is 0 Å². The number of hydrogen-bond donors (Lipinski definition) is 2. The van der Waals surface area contributed by atoms with Crippen molar-refractivity contribution in [1.82, 2.24) is 35.0 Å². The quantitative estimate of drug-likeness (QED) is 0.372. The summed E-state index contributed by atoms with van der Waals surface area (Å²) in [6.45, 7) is 11.0. The van der Waals surface area contributed by atoms with Crippen LogP contribution in [0.1, 0.15) is 62.1 Å². The van der Waals surface area contributed by atoms with Gasteiger partial charge in [-0.3, -0.25) is 14.8 Å². The third kappa shape index (κ3) is 4.06. The summed E-state index contributed by atoms with van der Waals surface area (Å²) in [6, 6.07) is 11.1. The molecule has 39 heavy (non-hydrogen) atoms. The van der Waals surface area contributed by atoms with Gasteiger partial charge in [0, 0.05) is 30.3 Å². The number of aryl methyl sites for hydroxylation is 1. The predicted molar refractivity (Wildman–Crippen MR) is 151 cm³/mol. The molecule has 9 nitrogen and oxygen atoms in total. The molecule has 1 aromatic carbocycles. The monoisotopic (exact) mass is 527 g/mol. The van der Waals surface area contributed by atoms with E-state index >= 15 is 0 Å². The number of rotatable bonds is 7. The van der Waals surface area contributed by atoms with Crippen molar-refractivity contribution in [3.63, 3.8) is 0 Å². The van der Waals surface area contributed by atoms with Gasteiger partial charge in [-0.2, -0.15) is 10.2 Å². The molecule has 5 heterocycles. The summed E-state index contributed by atoms with van der Waals surface area (Å²) in [5.74, 6) is 0.393. The smallest absolute Gasteiger partial charge is 0.240 e. The number of H-pyrrole nitrogens is 1. The molecule has 2 aliphatic rings. The second-order valence-electron chi connectivity index (χ2n) is 11.3. The molecule has 2 saturated heterocycles. The lowest BCUT2D eigenvalue weighted by Crippen LogP contribution is -2.64. The lowest BCUT2D eigenvalue weighted by atomic mass is 9.76. The number of fused-ring (bicyclic) bond motifs is 1. The van der Waals surface area contributed by atoms with E-state index < -0.39 is 5.54 Å². The average Bonchev–Trinajstić information content (AvgIpc) is 3.65. The number of ether oxygens (including phenoxy) is 1. The largest absolute Gasteiger partial charge is 0.378 e. The van der Waals surface area contributed by atoms with Gasteiger partial charge in [0.05, 0.1) is 30.6 Å². The van der Waals surface area contributed by atoms with Crippen LogP contribution >= 0.6 is 0 Å². The number of hydrogen-bond acceptors (Lipinski definition) is 6. The van der Waals surface area contributed by atoms with Gasteiger partial charge in [-0.25, -0.2) is 9.50 Å². The minimum absolute atomic E-state index is 0.0360. The molecular formula is C30H37N7O2. The SMILES string of the molecule is CNC(=O)C1([C@@H](C)c2ccc(-c3[nH]nc(-c4cc(C)c5ncnn5c4)c3C(C)C)cc2)CCCN1C1COC1. The molecule has 9 heteroatoms. The first-order valence-electron chi connectivity index (χ1n) is 13.9. The number of benzene rings is 1. The molecule has 3 aromatic heterocycles. The van der Waals surface area contributed by atoms with Crippen LogP contribution in [0, 0.1) is 6.92 Å². The van der Waals surface area contributed by atoms with Gasteiger partial charge in [0.2, 0.25) is 5.91 Å². The maximum atomic E-state index is 13.4. The molecule has 2 N–H and O–H groups in total. The van der Waals surface area contributed by atoms with E-state index in [4.69, 9.17) is 9.84 Å². The van der Waals surface area contributed by atoms with E-state index in [-0.39, 0.29) is 17.7 Å². The van der Waals surface area contributed by atoms with Crippen molar-refractivity contribution in [2.45, 2.75) is 64.0 Å². The first-order valence-corrected chi connectivity index (χ1v) is 13.9. The lowest BCUT2D eigenvalue weighted by Gasteiger charge is -2.48. The Bertz CT molecular complexity index is 1500. The maximum Gasteiger partial charge on any atom is 0.240 e. The summed E-state index contributed by atoms with van der Waals surface area (Å²) in [4.78, 5) is 20.2. The Morgan fingerprint density at radius 2 is 1.95 bits per heavy atom. The van der Waals surface area contributed by atoms with Gasteiger partial charge in [-0.05, 0) is 55.0 Å². The molecule has 204 valence electrons. The molecule has 4 aromatic rings. The van der Waals surface area contributed by atoms with E-state index in [1.807, 2.05) is 17.6 Å². The van der Waals surface area contributed by atoms with Crippen LogP contribution < -0.4 is 5.32 Å². The van der Waals surface area contributed by atoms with Crippen molar-refractivity contribution < 1.29 is 9.53 Å². The van der Waals surface area contributed by atoms with Crippen molar-refractivity contribution in [2.24, 2.45) is 0 Å². The summed E-state index contributed by atoms with van der Waals surface area (Å²) >= 11 is 0. The Hall–Kier alpha value is -3.56.